The largest absolute Gasteiger partial charge is 0.355 e. The molecular weight excluding hydrogens is 271 g/mol. The molecule has 1 aromatic rings. The van der Waals surface area contributed by atoms with E-state index in [4.69, 9.17) is 23.2 Å². The standard InChI is InChI=1S/C13H16Cl2N2O/c1-2-16-13(18)12-9(5-6-17-12)8-3-4-10(14)11(15)7-8/h3-4,7,9,12,17H,2,5-6H2,1H3,(H,16,18)/t9?,12-/m0/s1. The van der Waals surface area contributed by atoms with Crippen molar-refractivity contribution in [2.24, 2.45) is 0 Å². The SMILES string of the molecule is CCNC(=O)[C@H]1NCCC1c1ccc(Cl)c(Cl)c1. The number of halogens is 2. The lowest BCUT2D eigenvalue weighted by Gasteiger charge is -2.19. The van der Waals surface area contributed by atoms with Crippen molar-refractivity contribution in [1.82, 2.24) is 10.6 Å². The van der Waals surface area contributed by atoms with Crippen molar-refractivity contribution >= 4 is 29.1 Å². The highest BCUT2D eigenvalue weighted by Crippen LogP contribution is 2.32. The van der Waals surface area contributed by atoms with Crippen LogP contribution in [0.4, 0.5) is 0 Å². The van der Waals surface area contributed by atoms with Crippen LogP contribution < -0.4 is 10.6 Å². The molecule has 1 amide bonds. The predicted molar refractivity (Wildman–Crippen MR) is 74.3 cm³/mol. The van der Waals surface area contributed by atoms with Crippen LogP contribution in [-0.2, 0) is 4.79 Å². The third kappa shape index (κ3) is 2.79. The average Bonchev–Trinajstić information content (AvgIpc) is 2.82. The summed E-state index contributed by atoms with van der Waals surface area (Å²) in [7, 11) is 0. The van der Waals surface area contributed by atoms with Crippen molar-refractivity contribution in [2.75, 3.05) is 13.1 Å². The van der Waals surface area contributed by atoms with Crippen LogP contribution in [0.2, 0.25) is 10.0 Å². The molecule has 98 valence electrons. The molecule has 2 rings (SSSR count). The molecule has 0 aromatic heterocycles. The molecule has 3 nitrogen and oxygen atoms in total. The van der Waals surface area contributed by atoms with Crippen LogP contribution in [0.5, 0.6) is 0 Å². The Labute approximate surface area is 117 Å². The Balaban J connectivity index is 2.20. The molecule has 1 fully saturated rings. The molecule has 0 radical (unpaired) electrons. The monoisotopic (exact) mass is 286 g/mol. The fraction of sp³-hybridized carbons (Fsp3) is 0.462. The topological polar surface area (TPSA) is 41.1 Å². The zero-order valence-corrected chi connectivity index (χ0v) is 11.7. The number of likely N-dealkylation sites (N-methyl/N-ethyl adjacent to an activating group) is 1. The van der Waals surface area contributed by atoms with E-state index in [2.05, 4.69) is 10.6 Å². The molecule has 5 heteroatoms. The lowest BCUT2D eigenvalue weighted by molar-refractivity contribution is -0.123. The minimum atomic E-state index is -0.179. The summed E-state index contributed by atoms with van der Waals surface area (Å²) >= 11 is 11.9. The van der Waals surface area contributed by atoms with Crippen LogP contribution in [0.1, 0.15) is 24.8 Å². The van der Waals surface area contributed by atoms with Gasteiger partial charge in [0.05, 0.1) is 16.1 Å². The Morgan fingerprint density at radius 1 is 1.44 bits per heavy atom. The number of carbonyl (C=O) groups is 1. The van der Waals surface area contributed by atoms with Gasteiger partial charge in [-0.15, -0.1) is 0 Å². The van der Waals surface area contributed by atoms with Crippen molar-refractivity contribution in [3.8, 4) is 0 Å². The summed E-state index contributed by atoms with van der Waals surface area (Å²) in [6.45, 7) is 3.40. The first-order valence-electron chi connectivity index (χ1n) is 6.09. The van der Waals surface area contributed by atoms with Gasteiger partial charge in [-0.1, -0.05) is 29.3 Å². The summed E-state index contributed by atoms with van der Waals surface area (Å²) in [5.74, 6) is 0.206. The molecule has 2 atom stereocenters. The van der Waals surface area contributed by atoms with Crippen LogP contribution in [0.3, 0.4) is 0 Å². The second-order valence-electron chi connectivity index (χ2n) is 4.40. The Hall–Kier alpha value is -0.770. The highest BCUT2D eigenvalue weighted by Gasteiger charge is 2.33. The van der Waals surface area contributed by atoms with Gasteiger partial charge >= 0.3 is 0 Å². The zero-order valence-electron chi connectivity index (χ0n) is 10.2. The van der Waals surface area contributed by atoms with Gasteiger partial charge in [0.1, 0.15) is 0 Å². The van der Waals surface area contributed by atoms with Crippen LogP contribution in [0.25, 0.3) is 0 Å². The van der Waals surface area contributed by atoms with Crippen molar-refractivity contribution in [3.63, 3.8) is 0 Å². The Morgan fingerprint density at radius 2 is 2.22 bits per heavy atom. The fourth-order valence-electron chi connectivity index (χ4n) is 2.37. The molecule has 0 aliphatic carbocycles. The maximum Gasteiger partial charge on any atom is 0.237 e. The number of amides is 1. The maximum atomic E-state index is 11.9. The van der Waals surface area contributed by atoms with Gasteiger partial charge in [-0.25, -0.2) is 0 Å². The number of carbonyl (C=O) groups excluding carboxylic acids is 1. The van der Waals surface area contributed by atoms with Gasteiger partial charge in [0, 0.05) is 12.5 Å². The van der Waals surface area contributed by atoms with Gasteiger partial charge in [0.25, 0.3) is 0 Å². The van der Waals surface area contributed by atoms with E-state index in [1.807, 2.05) is 19.1 Å². The Kier molecular flexibility index (Phi) is 4.49. The van der Waals surface area contributed by atoms with E-state index < -0.39 is 0 Å². The summed E-state index contributed by atoms with van der Waals surface area (Å²) in [4.78, 5) is 11.9. The van der Waals surface area contributed by atoms with E-state index >= 15 is 0 Å². The molecule has 0 saturated carbocycles. The molecule has 1 heterocycles. The number of hydrogen-bond donors (Lipinski definition) is 2. The molecular formula is C13H16Cl2N2O. The average molecular weight is 287 g/mol. The minimum Gasteiger partial charge on any atom is -0.355 e. The molecule has 1 saturated heterocycles. The highest BCUT2D eigenvalue weighted by atomic mass is 35.5. The Morgan fingerprint density at radius 3 is 2.89 bits per heavy atom. The predicted octanol–water partition coefficient (Wildman–Crippen LogP) is 2.58. The first-order valence-corrected chi connectivity index (χ1v) is 6.85. The summed E-state index contributed by atoms with van der Waals surface area (Å²) in [6, 6.07) is 5.40. The molecule has 1 aliphatic rings. The van der Waals surface area contributed by atoms with Gasteiger partial charge in [0.15, 0.2) is 0 Å². The van der Waals surface area contributed by atoms with Gasteiger partial charge < -0.3 is 10.6 Å². The van der Waals surface area contributed by atoms with Crippen molar-refractivity contribution < 1.29 is 4.79 Å². The lowest BCUT2D eigenvalue weighted by Crippen LogP contribution is -2.43. The van der Waals surface area contributed by atoms with Crippen LogP contribution in [0.15, 0.2) is 18.2 Å². The second kappa shape index (κ2) is 5.91. The van der Waals surface area contributed by atoms with Gasteiger partial charge in [0.2, 0.25) is 5.91 Å². The number of nitrogens with one attached hydrogen (secondary N) is 2. The molecule has 1 aromatic carbocycles. The van der Waals surface area contributed by atoms with E-state index in [9.17, 15) is 4.79 Å². The molecule has 1 aliphatic heterocycles. The third-order valence-electron chi connectivity index (χ3n) is 3.23. The second-order valence-corrected chi connectivity index (χ2v) is 5.21. The first kappa shape index (κ1) is 13.7. The van der Waals surface area contributed by atoms with Gasteiger partial charge in [-0.2, -0.15) is 0 Å². The van der Waals surface area contributed by atoms with E-state index in [0.717, 1.165) is 18.5 Å². The van der Waals surface area contributed by atoms with Crippen molar-refractivity contribution in [2.45, 2.75) is 25.3 Å². The van der Waals surface area contributed by atoms with Gasteiger partial charge in [-0.05, 0) is 37.6 Å². The van der Waals surface area contributed by atoms with Crippen LogP contribution in [0, 0.1) is 0 Å². The molecule has 0 bridgehead atoms. The summed E-state index contributed by atoms with van der Waals surface area (Å²) < 4.78 is 0. The molecule has 2 N–H and O–H groups in total. The third-order valence-corrected chi connectivity index (χ3v) is 3.97. The van der Waals surface area contributed by atoms with E-state index in [1.165, 1.54) is 0 Å². The molecule has 1 unspecified atom stereocenters. The first-order chi connectivity index (χ1) is 8.63. The smallest absolute Gasteiger partial charge is 0.237 e. The zero-order chi connectivity index (χ0) is 13.1. The summed E-state index contributed by atoms with van der Waals surface area (Å²) in [6.07, 6.45) is 0.930. The lowest BCUT2D eigenvalue weighted by atomic mass is 9.91. The quantitative estimate of drug-likeness (QED) is 0.897. The van der Waals surface area contributed by atoms with E-state index in [-0.39, 0.29) is 17.9 Å². The minimum absolute atomic E-state index is 0.0473. The number of hydrogen-bond acceptors (Lipinski definition) is 2. The van der Waals surface area contributed by atoms with Crippen LogP contribution >= 0.6 is 23.2 Å². The van der Waals surface area contributed by atoms with Crippen molar-refractivity contribution in [3.05, 3.63) is 33.8 Å². The number of benzene rings is 1. The van der Waals surface area contributed by atoms with Crippen LogP contribution in [-0.4, -0.2) is 25.0 Å². The molecule has 0 spiro atoms. The van der Waals surface area contributed by atoms with Gasteiger partial charge in [-0.3, -0.25) is 4.79 Å². The summed E-state index contributed by atoms with van der Waals surface area (Å²) in [5, 5.41) is 7.17. The number of rotatable bonds is 3. The van der Waals surface area contributed by atoms with E-state index in [1.54, 1.807) is 6.07 Å². The normalized spacial score (nSPS) is 23.1. The maximum absolute atomic E-state index is 11.9. The van der Waals surface area contributed by atoms with E-state index in [0.29, 0.717) is 16.6 Å². The van der Waals surface area contributed by atoms with Crippen molar-refractivity contribution in [1.29, 1.82) is 0 Å². The highest BCUT2D eigenvalue weighted by molar-refractivity contribution is 6.42. The summed E-state index contributed by atoms with van der Waals surface area (Å²) in [5.41, 5.74) is 1.06. The fourth-order valence-corrected chi connectivity index (χ4v) is 2.67. The molecule has 18 heavy (non-hydrogen) atoms. The Bertz CT molecular complexity index is 451.